The van der Waals surface area contributed by atoms with E-state index in [9.17, 15) is 25.0 Å². The molecule has 0 unspecified atom stereocenters. The number of halogens is 1. The summed E-state index contributed by atoms with van der Waals surface area (Å²) in [6.07, 6.45) is 0.985. The topological polar surface area (TPSA) is 172 Å². The van der Waals surface area contributed by atoms with Crippen molar-refractivity contribution in [2.45, 2.75) is 0 Å². The molecule has 0 saturated carbocycles. The van der Waals surface area contributed by atoms with Gasteiger partial charge >= 0.3 is 11.6 Å². The fraction of sp³-hybridized carbons (Fsp3) is 0.0556. The van der Waals surface area contributed by atoms with E-state index in [4.69, 9.17) is 21.1 Å². The predicted molar refractivity (Wildman–Crippen MR) is 111 cm³/mol. The number of nitrogens with zero attached hydrogens (tertiary/aromatic N) is 4. The van der Waals surface area contributed by atoms with Crippen molar-refractivity contribution in [3.63, 3.8) is 0 Å². The zero-order chi connectivity index (χ0) is 23.3. The van der Waals surface area contributed by atoms with Crippen LogP contribution in [0.15, 0.2) is 48.8 Å². The van der Waals surface area contributed by atoms with Gasteiger partial charge in [-0.3, -0.25) is 35.9 Å². The molecule has 0 aliphatic rings. The predicted octanol–water partition coefficient (Wildman–Crippen LogP) is 3.50. The largest absolute Gasteiger partial charge is 0.493 e. The SMILES string of the molecule is COc1ccccc1Oc1ncnc(NNC(=O)c2ccc(Cl)c([N+](=O)[O-])c2)c1[N+](=O)[O-]. The minimum absolute atomic E-state index is 0.115. The van der Waals surface area contributed by atoms with E-state index in [0.29, 0.717) is 5.75 Å². The van der Waals surface area contributed by atoms with Crippen molar-refractivity contribution in [2.24, 2.45) is 0 Å². The van der Waals surface area contributed by atoms with Gasteiger partial charge in [0.1, 0.15) is 11.3 Å². The first-order chi connectivity index (χ1) is 15.3. The van der Waals surface area contributed by atoms with Gasteiger partial charge in [0.05, 0.1) is 17.0 Å². The van der Waals surface area contributed by atoms with Crippen LogP contribution in [0.25, 0.3) is 0 Å². The van der Waals surface area contributed by atoms with Gasteiger partial charge in [0.15, 0.2) is 11.5 Å². The zero-order valence-corrected chi connectivity index (χ0v) is 16.9. The van der Waals surface area contributed by atoms with Gasteiger partial charge in [0, 0.05) is 11.6 Å². The summed E-state index contributed by atoms with van der Waals surface area (Å²) < 4.78 is 10.7. The Labute approximate surface area is 184 Å². The third-order valence-corrected chi connectivity index (χ3v) is 4.27. The Balaban J connectivity index is 1.85. The molecule has 3 aromatic rings. The van der Waals surface area contributed by atoms with Crippen LogP contribution >= 0.6 is 11.6 Å². The number of hydrogen-bond acceptors (Lipinski definition) is 10. The summed E-state index contributed by atoms with van der Waals surface area (Å²) >= 11 is 5.73. The van der Waals surface area contributed by atoms with Crippen molar-refractivity contribution in [3.8, 4) is 17.4 Å². The van der Waals surface area contributed by atoms with E-state index in [1.807, 2.05) is 0 Å². The second-order valence-electron chi connectivity index (χ2n) is 5.89. The van der Waals surface area contributed by atoms with E-state index in [2.05, 4.69) is 20.8 Å². The molecule has 0 fully saturated rings. The van der Waals surface area contributed by atoms with Crippen molar-refractivity contribution in [1.29, 1.82) is 0 Å². The summed E-state index contributed by atoms with van der Waals surface area (Å²) in [7, 11) is 1.40. The average Bonchev–Trinajstić information content (AvgIpc) is 2.77. The van der Waals surface area contributed by atoms with Crippen molar-refractivity contribution in [3.05, 3.63) is 79.6 Å². The van der Waals surface area contributed by atoms with Gasteiger partial charge in [0.2, 0.25) is 5.82 Å². The fourth-order valence-electron chi connectivity index (χ4n) is 2.48. The van der Waals surface area contributed by atoms with Crippen molar-refractivity contribution in [1.82, 2.24) is 15.4 Å². The van der Waals surface area contributed by atoms with Gasteiger partial charge in [-0.15, -0.1) is 0 Å². The second-order valence-corrected chi connectivity index (χ2v) is 6.30. The molecular weight excluding hydrogens is 448 g/mol. The number of para-hydroxylation sites is 2. The molecule has 0 bridgehead atoms. The fourth-order valence-corrected chi connectivity index (χ4v) is 2.67. The van der Waals surface area contributed by atoms with Crippen LogP contribution in [0, 0.1) is 20.2 Å². The van der Waals surface area contributed by atoms with E-state index < -0.39 is 33.0 Å². The maximum atomic E-state index is 12.3. The Morgan fingerprint density at radius 2 is 1.78 bits per heavy atom. The maximum Gasteiger partial charge on any atom is 0.374 e. The zero-order valence-electron chi connectivity index (χ0n) is 16.1. The summed E-state index contributed by atoms with van der Waals surface area (Å²) in [6, 6.07) is 9.82. The number of nitro benzene ring substituents is 1. The van der Waals surface area contributed by atoms with E-state index in [-0.39, 0.29) is 22.2 Å². The number of methoxy groups -OCH3 is 1. The molecule has 1 heterocycles. The molecule has 0 aliphatic carbocycles. The van der Waals surface area contributed by atoms with Crippen molar-refractivity contribution < 1.29 is 24.1 Å². The molecule has 0 spiro atoms. The molecule has 1 aromatic heterocycles. The molecule has 0 atom stereocenters. The Morgan fingerprint density at radius 3 is 2.44 bits per heavy atom. The molecule has 164 valence electrons. The maximum absolute atomic E-state index is 12.3. The Morgan fingerprint density at radius 1 is 1.06 bits per heavy atom. The number of carbonyl (C=O) groups excluding carboxylic acids is 1. The van der Waals surface area contributed by atoms with E-state index in [1.54, 1.807) is 18.2 Å². The number of nitro groups is 2. The standard InChI is InChI=1S/C18H13ClN6O7/c1-31-13-4-2-3-5-14(13)32-18-15(25(29)30)16(20-9-21-18)22-23-17(26)10-6-7-11(19)12(8-10)24(27)28/h2-9H,1H3,(H,23,26)(H,20,21,22). The lowest BCUT2D eigenvalue weighted by Gasteiger charge is -2.12. The second kappa shape index (κ2) is 9.53. The molecule has 1 amide bonds. The smallest absolute Gasteiger partial charge is 0.374 e. The summed E-state index contributed by atoms with van der Waals surface area (Å²) in [6.45, 7) is 0. The molecule has 2 aromatic carbocycles. The number of rotatable bonds is 8. The van der Waals surface area contributed by atoms with Crippen molar-refractivity contribution in [2.75, 3.05) is 12.5 Å². The number of hydrazine groups is 1. The van der Waals surface area contributed by atoms with Gasteiger partial charge in [-0.1, -0.05) is 23.7 Å². The number of amides is 1. The number of anilines is 1. The van der Waals surface area contributed by atoms with Gasteiger partial charge in [-0.25, -0.2) is 4.98 Å². The molecule has 2 N–H and O–H groups in total. The van der Waals surface area contributed by atoms with Crippen LogP contribution < -0.4 is 20.3 Å². The first-order valence-electron chi connectivity index (χ1n) is 8.62. The lowest BCUT2D eigenvalue weighted by molar-refractivity contribution is -0.385. The minimum atomic E-state index is -0.829. The Hall–Kier alpha value is -4.52. The highest BCUT2D eigenvalue weighted by Crippen LogP contribution is 2.37. The number of carbonyl (C=O) groups is 1. The molecule has 32 heavy (non-hydrogen) atoms. The summed E-state index contributed by atoms with van der Waals surface area (Å²) in [5.41, 5.74) is 3.23. The Kier molecular flexibility index (Phi) is 6.60. The highest BCUT2D eigenvalue weighted by atomic mass is 35.5. The van der Waals surface area contributed by atoms with Gasteiger partial charge in [-0.05, 0) is 24.3 Å². The van der Waals surface area contributed by atoms with Crippen LogP contribution in [0.3, 0.4) is 0 Å². The Bertz CT molecular complexity index is 1210. The van der Waals surface area contributed by atoms with Crippen LogP contribution in [-0.2, 0) is 0 Å². The summed E-state index contributed by atoms with van der Waals surface area (Å²) in [5, 5.41) is 22.5. The first-order valence-corrected chi connectivity index (χ1v) is 9.00. The van der Waals surface area contributed by atoms with Crippen LogP contribution in [0.4, 0.5) is 17.2 Å². The third-order valence-electron chi connectivity index (χ3n) is 3.95. The molecule has 0 saturated heterocycles. The van der Waals surface area contributed by atoms with E-state index in [1.165, 1.54) is 25.3 Å². The monoisotopic (exact) mass is 460 g/mol. The van der Waals surface area contributed by atoms with E-state index >= 15 is 0 Å². The molecule has 0 aliphatic heterocycles. The number of nitrogens with one attached hydrogen (secondary N) is 2. The van der Waals surface area contributed by atoms with Crippen LogP contribution in [0.2, 0.25) is 5.02 Å². The normalized spacial score (nSPS) is 10.2. The number of hydrogen-bond donors (Lipinski definition) is 2. The number of aromatic nitrogens is 2. The minimum Gasteiger partial charge on any atom is -0.493 e. The highest BCUT2D eigenvalue weighted by molar-refractivity contribution is 6.32. The first kappa shape index (κ1) is 22.2. The average molecular weight is 461 g/mol. The van der Waals surface area contributed by atoms with Crippen LogP contribution in [0.1, 0.15) is 10.4 Å². The molecule has 0 radical (unpaired) electrons. The quantitative estimate of drug-likeness (QED) is 0.374. The van der Waals surface area contributed by atoms with Gasteiger partial charge in [0.25, 0.3) is 11.6 Å². The van der Waals surface area contributed by atoms with Gasteiger partial charge < -0.3 is 9.47 Å². The van der Waals surface area contributed by atoms with Crippen LogP contribution in [-0.4, -0.2) is 32.8 Å². The molecule has 14 heteroatoms. The van der Waals surface area contributed by atoms with Gasteiger partial charge in [-0.2, -0.15) is 4.98 Å². The number of ether oxygens (including phenoxy) is 2. The van der Waals surface area contributed by atoms with Crippen molar-refractivity contribution >= 4 is 34.7 Å². The summed E-state index contributed by atoms with van der Waals surface area (Å²) in [5.74, 6) is -1.14. The van der Waals surface area contributed by atoms with Crippen LogP contribution in [0.5, 0.6) is 17.4 Å². The molecule has 13 nitrogen and oxygen atoms in total. The van der Waals surface area contributed by atoms with E-state index in [0.717, 1.165) is 12.4 Å². The lowest BCUT2D eigenvalue weighted by Crippen LogP contribution is -2.30. The third kappa shape index (κ3) is 4.79. The lowest BCUT2D eigenvalue weighted by atomic mass is 10.2. The molecule has 3 rings (SSSR count). The summed E-state index contributed by atoms with van der Waals surface area (Å²) in [4.78, 5) is 41.0. The number of benzene rings is 2. The highest BCUT2D eigenvalue weighted by Gasteiger charge is 2.26. The molecular formula is C18H13ClN6O7.